The van der Waals surface area contributed by atoms with E-state index in [-0.39, 0.29) is 23.6 Å². The van der Waals surface area contributed by atoms with Gasteiger partial charge in [0.05, 0.1) is 23.7 Å². The first kappa shape index (κ1) is 18.0. The summed E-state index contributed by atoms with van der Waals surface area (Å²) in [5.74, 6) is -0.760. The van der Waals surface area contributed by atoms with Gasteiger partial charge in [-0.3, -0.25) is 9.97 Å². The minimum Gasteiger partial charge on any atom is -0.478 e. The number of hydrogen-bond donors (Lipinski definition) is 2. The van der Waals surface area contributed by atoms with Gasteiger partial charge in [0.15, 0.2) is 0 Å². The number of carboxylic acids is 1. The normalized spacial score (nSPS) is 13.9. The molecule has 28 heavy (non-hydrogen) atoms. The fourth-order valence-corrected chi connectivity index (χ4v) is 3.43. The van der Waals surface area contributed by atoms with Crippen LogP contribution in [-0.4, -0.2) is 26.0 Å². The first-order valence-electron chi connectivity index (χ1n) is 9.10. The maximum absolute atomic E-state index is 15.5. The zero-order chi connectivity index (χ0) is 19.7. The van der Waals surface area contributed by atoms with Gasteiger partial charge in [-0.25, -0.2) is 14.2 Å². The first-order chi connectivity index (χ1) is 13.5. The summed E-state index contributed by atoms with van der Waals surface area (Å²) >= 11 is 0. The van der Waals surface area contributed by atoms with E-state index in [9.17, 15) is 4.79 Å². The van der Waals surface area contributed by atoms with Crippen LogP contribution in [0.4, 0.5) is 10.2 Å². The van der Waals surface area contributed by atoms with Crippen molar-refractivity contribution in [2.24, 2.45) is 0 Å². The second kappa shape index (κ2) is 7.34. The average molecular weight is 378 g/mol. The molecule has 0 bridgehead atoms. The van der Waals surface area contributed by atoms with Gasteiger partial charge in [0, 0.05) is 23.9 Å². The maximum atomic E-state index is 15.5. The molecule has 6 nitrogen and oxygen atoms in total. The van der Waals surface area contributed by atoms with Gasteiger partial charge in [0.25, 0.3) is 0 Å². The number of nitrogens with zero attached hydrogens (tertiary/aromatic N) is 3. The lowest BCUT2D eigenvalue weighted by molar-refractivity contribution is 0.0696. The summed E-state index contributed by atoms with van der Waals surface area (Å²) in [4.78, 5) is 23.4. The monoisotopic (exact) mass is 378 g/mol. The van der Waals surface area contributed by atoms with Crippen LogP contribution in [0.25, 0.3) is 11.3 Å². The van der Waals surface area contributed by atoms with Crippen molar-refractivity contribution in [2.75, 3.05) is 5.73 Å². The number of nitrogens with two attached hydrogens (primary N) is 1. The zero-order valence-electron chi connectivity index (χ0n) is 15.1. The van der Waals surface area contributed by atoms with Gasteiger partial charge < -0.3 is 10.8 Å². The minimum absolute atomic E-state index is 0.106. The lowest BCUT2D eigenvalue weighted by atomic mass is 9.77. The van der Waals surface area contributed by atoms with Gasteiger partial charge in [-0.2, -0.15) is 0 Å². The summed E-state index contributed by atoms with van der Waals surface area (Å²) in [7, 11) is 0. The van der Waals surface area contributed by atoms with Crippen LogP contribution >= 0.6 is 0 Å². The van der Waals surface area contributed by atoms with E-state index >= 15 is 4.39 Å². The van der Waals surface area contributed by atoms with Crippen LogP contribution < -0.4 is 5.73 Å². The molecule has 0 aliphatic heterocycles. The van der Waals surface area contributed by atoms with Crippen molar-refractivity contribution in [3.63, 3.8) is 0 Å². The molecule has 1 aromatic carbocycles. The molecule has 1 aliphatic rings. The molecule has 0 atom stereocenters. The molecular formula is C21H19FN4O2. The molecule has 4 rings (SSSR count). The van der Waals surface area contributed by atoms with Crippen LogP contribution in [0.3, 0.4) is 0 Å². The molecule has 0 radical (unpaired) electrons. The molecule has 3 aromatic rings. The fourth-order valence-electron chi connectivity index (χ4n) is 3.43. The Morgan fingerprint density at radius 2 is 1.93 bits per heavy atom. The number of benzene rings is 1. The van der Waals surface area contributed by atoms with Gasteiger partial charge in [-0.1, -0.05) is 12.5 Å². The van der Waals surface area contributed by atoms with E-state index in [0.717, 1.165) is 24.8 Å². The molecule has 142 valence electrons. The van der Waals surface area contributed by atoms with E-state index in [1.54, 1.807) is 12.1 Å². The topological polar surface area (TPSA) is 102 Å². The average Bonchev–Trinajstić information content (AvgIpc) is 2.64. The van der Waals surface area contributed by atoms with Gasteiger partial charge in [-0.15, -0.1) is 0 Å². The largest absolute Gasteiger partial charge is 0.478 e. The Morgan fingerprint density at radius 3 is 2.50 bits per heavy atom. The number of rotatable bonds is 5. The van der Waals surface area contributed by atoms with Gasteiger partial charge >= 0.3 is 5.97 Å². The van der Waals surface area contributed by atoms with Crippen molar-refractivity contribution in [3.8, 4) is 11.3 Å². The van der Waals surface area contributed by atoms with E-state index in [1.165, 1.54) is 24.7 Å². The van der Waals surface area contributed by atoms with E-state index in [0.29, 0.717) is 28.4 Å². The Hall–Kier alpha value is -3.35. The third-order valence-corrected chi connectivity index (χ3v) is 5.20. The summed E-state index contributed by atoms with van der Waals surface area (Å²) in [5, 5.41) is 9.03. The van der Waals surface area contributed by atoms with E-state index < -0.39 is 5.97 Å². The number of pyridine rings is 1. The molecule has 0 spiro atoms. The Bertz CT molecular complexity index is 1020. The highest BCUT2D eigenvalue weighted by molar-refractivity contribution is 5.87. The predicted molar refractivity (Wildman–Crippen MR) is 102 cm³/mol. The number of hydrogen-bond acceptors (Lipinski definition) is 5. The second-order valence-corrected chi connectivity index (χ2v) is 6.97. The molecule has 7 heteroatoms. The van der Waals surface area contributed by atoms with E-state index in [4.69, 9.17) is 10.8 Å². The number of nitrogen functional groups attached to an aromatic ring is 1. The minimum atomic E-state index is -1.04. The van der Waals surface area contributed by atoms with Gasteiger partial charge in [-0.05, 0) is 48.1 Å². The molecule has 0 amide bonds. The summed E-state index contributed by atoms with van der Waals surface area (Å²) in [6.45, 7) is 0. The Morgan fingerprint density at radius 1 is 1.11 bits per heavy atom. The third kappa shape index (κ3) is 3.43. The third-order valence-electron chi connectivity index (χ3n) is 5.20. The lowest BCUT2D eigenvalue weighted by Crippen LogP contribution is -2.14. The summed E-state index contributed by atoms with van der Waals surface area (Å²) in [5.41, 5.74) is 8.66. The number of anilines is 1. The van der Waals surface area contributed by atoms with Crippen LogP contribution in [0.1, 0.15) is 52.4 Å². The number of aromatic carboxylic acids is 1. The van der Waals surface area contributed by atoms with Crippen LogP contribution in [0.5, 0.6) is 0 Å². The van der Waals surface area contributed by atoms with Crippen molar-refractivity contribution in [1.29, 1.82) is 0 Å². The molecule has 3 N–H and O–H groups in total. The van der Waals surface area contributed by atoms with Crippen LogP contribution in [-0.2, 0) is 6.42 Å². The van der Waals surface area contributed by atoms with Crippen LogP contribution in [0.2, 0.25) is 0 Å². The highest BCUT2D eigenvalue weighted by atomic mass is 19.1. The van der Waals surface area contributed by atoms with Crippen molar-refractivity contribution >= 4 is 11.8 Å². The summed E-state index contributed by atoms with van der Waals surface area (Å²) in [6.07, 6.45) is 7.67. The van der Waals surface area contributed by atoms with Crippen molar-refractivity contribution in [1.82, 2.24) is 15.0 Å². The Balaban J connectivity index is 1.75. The van der Waals surface area contributed by atoms with Crippen molar-refractivity contribution in [2.45, 2.75) is 31.6 Å². The molecule has 1 saturated carbocycles. The Labute approximate surface area is 161 Å². The van der Waals surface area contributed by atoms with E-state index in [2.05, 4.69) is 15.0 Å². The highest BCUT2D eigenvalue weighted by Crippen LogP contribution is 2.40. The molecule has 1 aliphatic carbocycles. The second-order valence-electron chi connectivity index (χ2n) is 6.97. The molecule has 1 fully saturated rings. The molecule has 0 unspecified atom stereocenters. The number of carboxylic acid groups (broad SMARTS) is 1. The van der Waals surface area contributed by atoms with Gasteiger partial charge in [0.2, 0.25) is 0 Å². The zero-order valence-corrected chi connectivity index (χ0v) is 15.1. The van der Waals surface area contributed by atoms with Gasteiger partial charge in [0.1, 0.15) is 11.6 Å². The predicted octanol–water partition coefficient (Wildman–Crippen LogP) is 3.82. The van der Waals surface area contributed by atoms with Crippen LogP contribution in [0, 0.1) is 5.82 Å². The molecule has 2 aromatic heterocycles. The molecule has 2 heterocycles. The van der Waals surface area contributed by atoms with Crippen LogP contribution in [0.15, 0.2) is 42.9 Å². The Kier molecular flexibility index (Phi) is 4.73. The lowest BCUT2D eigenvalue weighted by Gasteiger charge is -2.28. The first-order valence-corrected chi connectivity index (χ1v) is 9.10. The standard InChI is InChI=1S/C21H19FN4O2/c22-20-16(18-10-26-19(23)11-25-18)7-6-15(12-2-1-3-12)17(20)8-14-5-4-13(9-24-14)21(27)28/h4-7,9-12H,1-3,8H2,(H2,23,26)(H,27,28). The quantitative estimate of drug-likeness (QED) is 0.700. The summed E-state index contributed by atoms with van der Waals surface area (Å²) in [6, 6.07) is 6.82. The van der Waals surface area contributed by atoms with Crippen molar-refractivity contribution < 1.29 is 14.3 Å². The fraction of sp³-hybridized carbons (Fsp3) is 0.238. The molecular weight excluding hydrogens is 359 g/mol. The highest BCUT2D eigenvalue weighted by Gasteiger charge is 2.26. The van der Waals surface area contributed by atoms with Crippen molar-refractivity contribution in [3.05, 3.63) is 71.1 Å². The smallest absolute Gasteiger partial charge is 0.337 e. The number of halogens is 1. The number of carbonyl (C=O) groups is 1. The molecule has 0 saturated heterocycles. The maximum Gasteiger partial charge on any atom is 0.337 e. The van der Waals surface area contributed by atoms with E-state index in [1.807, 2.05) is 6.07 Å². The summed E-state index contributed by atoms with van der Waals surface area (Å²) < 4.78 is 15.5. The SMILES string of the molecule is Nc1cnc(-c2ccc(C3CCC3)c(Cc3ccc(C(=O)O)cn3)c2F)cn1. The number of aromatic nitrogens is 3.